The summed E-state index contributed by atoms with van der Waals surface area (Å²) in [5, 5.41) is 11.8. The van der Waals surface area contributed by atoms with Crippen LogP contribution >= 0.6 is 15.9 Å². The Labute approximate surface area is 145 Å². The number of nitrogens with zero attached hydrogens (tertiary/aromatic N) is 3. The lowest BCUT2D eigenvalue weighted by molar-refractivity contribution is 0.394. The van der Waals surface area contributed by atoms with Gasteiger partial charge in [0.1, 0.15) is 5.75 Å². The van der Waals surface area contributed by atoms with Crippen LogP contribution in [0.4, 0.5) is 5.82 Å². The number of anilines is 1. The number of methoxy groups -OCH3 is 1. The van der Waals surface area contributed by atoms with Crippen molar-refractivity contribution in [2.24, 2.45) is 0 Å². The van der Waals surface area contributed by atoms with Gasteiger partial charge >= 0.3 is 0 Å². The van der Waals surface area contributed by atoms with E-state index in [1.165, 1.54) is 12.0 Å². The Morgan fingerprint density at radius 1 is 1.39 bits per heavy atom. The van der Waals surface area contributed by atoms with Gasteiger partial charge in [0.25, 0.3) is 0 Å². The maximum Gasteiger partial charge on any atom is 0.151 e. The molecular formula is C17H21BrN4O. The Morgan fingerprint density at radius 2 is 2.30 bits per heavy atom. The van der Waals surface area contributed by atoms with Crippen LogP contribution in [0.15, 0.2) is 41.0 Å². The fourth-order valence-corrected chi connectivity index (χ4v) is 3.36. The first-order valence-corrected chi connectivity index (χ1v) is 8.64. The van der Waals surface area contributed by atoms with Gasteiger partial charge in [-0.3, -0.25) is 0 Å². The highest BCUT2D eigenvalue weighted by atomic mass is 79.9. The molecule has 122 valence electrons. The molecule has 23 heavy (non-hydrogen) atoms. The van der Waals surface area contributed by atoms with Crippen molar-refractivity contribution in [3.63, 3.8) is 0 Å². The van der Waals surface area contributed by atoms with E-state index >= 15 is 0 Å². The van der Waals surface area contributed by atoms with Crippen LogP contribution in [0, 0.1) is 0 Å². The molecule has 0 radical (unpaired) electrons. The summed E-state index contributed by atoms with van der Waals surface area (Å²) in [7, 11) is 1.71. The minimum atomic E-state index is 0.439. The molecule has 1 unspecified atom stereocenters. The van der Waals surface area contributed by atoms with Gasteiger partial charge in [-0.1, -0.05) is 15.9 Å². The number of aromatic nitrogens is 2. The highest BCUT2D eigenvalue weighted by Gasteiger charge is 2.21. The van der Waals surface area contributed by atoms with Crippen LogP contribution in [0.2, 0.25) is 0 Å². The molecule has 1 atom stereocenters. The number of ether oxygens (including phenoxy) is 1. The second-order valence-electron chi connectivity index (χ2n) is 5.70. The summed E-state index contributed by atoms with van der Waals surface area (Å²) in [6.45, 7) is 2.79. The zero-order valence-corrected chi connectivity index (χ0v) is 14.8. The topological polar surface area (TPSA) is 50.3 Å². The van der Waals surface area contributed by atoms with E-state index in [0.29, 0.717) is 6.04 Å². The van der Waals surface area contributed by atoms with E-state index in [-0.39, 0.29) is 0 Å². The Hall–Kier alpha value is -1.66. The van der Waals surface area contributed by atoms with Gasteiger partial charge < -0.3 is 15.0 Å². The summed E-state index contributed by atoms with van der Waals surface area (Å²) < 4.78 is 6.51. The van der Waals surface area contributed by atoms with E-state index in [2.05, 4.69) is 42.4 Å². The Kier molecular flexibility index (Phi) is 5.46. The number of benzene rings is 1. The van der Waals surface area contributed by atoms with E-state index < -0.39 is 0 Å². The fraction of sp³-hybridized carbons (Fsp3) is 0.412. The third-order valence-corrected chi connectivity index (χ3v) is 4.62. The minimum Gasteiger partial charge on any atom is -0.496 e. The summed E-state index contributed by atoms with van der Waals surface area (Å²) >= 11 is 3.52. The molecule has 1 fully saturated rings. The van der Waals surface area contributed by atoms with Crippen molar-refractivity contribution < 1.29 is 4.74 Å². The van der Waals surface area contributed by atoms with Crippen LogP contribution in [-0.2, 0) is 6.54 Å². The molecule has 2 heterocycles. The van der Waals surface area contributed by atoms with Crippen LogP contribution in [0.3, 0.4) is 0 Å². The molecule has 0 saturated carbocycles. The van der Waals surface area contributed by atoms with Crippen LogP contribution in [0.5, 0.6) is 5.75 Å². The number of halogens is 1. The molecule has 0 aliphatic carbocycles. The Bertz CT molecular complexity index is 638. The van der Waals surface area contributed by atoms with Crippen LogP contribution in [0.25, 0.3) is 0 Å². The normalized spacial score (nSPS) is 18.0. The molecule has 0 spiro atoms. The first-order chi connectivity index (χ1) is 11.3. The quantitative estimate of drug-likeness (QED) is 0.868. The number of hydrogen-bond donors (Lipinski definition) is 1. The van der Waals surface area contributed by atoms with Gasteiger partial charge in [-0.25, -0.2) is 0 Å². The van der Waals surface area contributed by atoms with E-state index in [9.17, 15) is 0 Å². The van der Waals surface area contributed by atoms with Gasteiger partial charge in [0, 0.05) is 41.9 Å². The third kappa shape index (κ3) is 4.20. The lowest BCUT2D eigenvalue weighted by Gasteiger charge is -2.33. The summed E-state index contributed by atoms with van der Waals surface area (Å²) in [6.07, 6.45) is 4.04. The Balaban J connectivity index is 1.61. The Morgan fingerprint density at radius 3 is 3.09 bits per heavy atom. The molecule has 1 aromatic carbocycles. The highest BCUT2D eigenvalue weighted by Crippen LogP contribution is 2.23. The average molecular weight is 377 g/mol. The maximum atomic E-state index is 5.44. The van der Waals surface area contributed by atoms with Crippen molar-refractivity contribution in [2.75, 3.05) is 25.1 Å². The molecule has 1 N–H and O–H groups in total. The van der Waals surface area contributed by atoms with E-state index in [1.807, 2.05) is 24.3 Å². The number of hydrogen-bond acceptors (Lipinski definition) is 5. The van der Waals surface area contributed by atoms with Crippen LogP contribution < -0.4 is 15.0 Å². The van der Waals surface area contributed by atoms with Gasteiger partial charge in [-0.15, -0.1) is 5.10 Å². The number of nitrogens with one attached hydrogen (secondary N) is 1. The van der Waals surface area contributed by atoms with Gasteiger partial charge in [0.2, 0.25) is 0 Å². The standard InChI is InChI=1S/C17H21BrN4O/c1-23-16-7-6-14(18)10-13(16)11-19-15-4-3-9-22(12-15)17-5-2-8-20-21-17/h2,5-8,10,15,19H,3-4,9,11-12H2,1H3. The molecule has 5 nitrogen and oxygen atoms in total. The van der Waals surface area contributed by atoms with E-state index in [1.54, 1.807) is 13.3 Å². The average Bonchev–Trinajstić information content (AvgIpc) is 2.61. The first-order valence-electron chi connectivity index (χ1n) is 7.84. The summed E-state index contributed by atoms with van der Waals surface area (Å²) in [4.78, 5) is 2.30. The number of rotatable bonds is 5. The highest BCUT2D eigenvalue weighted by molar-refractivity contribution is 9.10. The predicted octanol–water partition coefficient (Wildman–Crippen LogP) is 3.01. The monoisotopic (exact) mass is 376 g/mol. The summed E-state index contributed by atoms with van der Waals surface area (Å²) in [6, 6.07) is 10.5. The molecule has 1 aliphatic heterocycles. The molecule has 1 saturated heterocycles. The smallest absolute Gasteiger partial charge is 0.151 e. The lowest BCUT2D eigenvalue weighted by atomic mass is 10.0. The summed E-state index contributed by atoms with van der Waals surface area (Å²) in [5.41, 5.74) is 1.17. The molecule has 3 rings (SSSR count). The second-order valence-corrected chi connectivity index (χ2v) is 6.62. The molecule has 0 bridgehead atoms. The third-order valence-electron chi connectivity index (χ3n) is 4.13. The zero-order chi connectivity index (χ0) is 16.1. The van der Waals surface area contributed by atoms with Gasteiger partial charge in [0.05, 0.1) is 7.11 Å². The fourth-order valence-electron chi connectivity index (χ4n) is 2.95. The van der Waals surface area contributed by atoms with Gasteiger partial charge in [-0.2, -0.15) is 5.10 Å². The van der Waals surface area contributed by atoms with Crippen LogP contribution in [0.1, 0.15) is 18.4 Å². The second kappa shape index (κ2) is 7.75. The van der Waals surface area contributed by atoms with Crippen LogP contribution in [-0.4, -0.2) is 36.4 Å². The molecule has 2 aromatic rings. The predicted molar refractivity (Wildman–Crippen MR) is 94.8 cm³/mol. The van der Waals surface area contributed by atoms with Crippen molar-refractivity contribution in [1.29, 1.82) is 0 Å². The van der Waals surface area contributed by atoms with Gasteiger partial charge in [-0.05, 0) is 43.2 Å². The zero-order valence-electron chi connectivity index (χ0n) is 13.2. The van der Waals surface area contributed by atoms with Crippen molar-refractivity contribution >= 4 is 21.7 Å². The minimum absolute atomic E-state index is 0.439. The largest absolute Gasteiger partial charge is 0.496 e. The van der Waals surface area contributed by atoms with E-state index in [4.69, 9.17) is 4.74 Å². The lowest BCUT2D eigenvalue weighted by Crippen LogP contribution is -2.45. The van der Waals surface area contributed by atoms with Crippen molar-refractivity contribution in [3.05, 3.63) is 46.6 Å². The maximum absolute atomic E-state index is 5.44. The van der Waals surface area contributed by atoms with Gasteiger partial charge in [0.15, 0.2) is 5.82 Å². The molecule has 0 amide bonds. The molecular weight excluding hydrogens is 356 g/mol. The molecule has 6 heteroatoms. The van der Waals surface area contributed by atoms with Crippen molar-refractivity contribution in [3.8, 4) is 5.75 Å². The molecule has 1 aromatic heterocycles. The van der Waals surface area contributed by atoms with E-state index in [0.717, 1.165) is 42.1 Å². The summed E-state index contributed by atoms with van der Waals surface area (Å²) in [5.74, 6) is 1.88. The van der Waals surface area contributed by atoms with Crippen molar-refractivity contribution in [1.82, 2.24) is 15.5 Å². The molecule has 1 aliphatic rings. The van der Waals surface area contributed by atoms with Crippen molar-refractivity contribution in [2.45, 2.75) is 25.4 Å². The number of piperidine rings is 1. The SMILES string of the molecule is COc1ccc(Br)cc1CNC1CCCN(c2cccnn2)C1. The first kappa shape index (κ1) is 16.2.